The normalized spacial score (nSPS) is 16.0. The molecule has 0 bridgehead atoms. The average Bonchev–Trinajstić information content (AvgIpc) is 2.79. The molecule has 2 aromatic rings. The van der Waals surface area contributed by atoms with E-state index in [-0.39, 0.29) is 18.5 Å². The fourth-order valence-corrected chi connectivity index (χ4v) is 3.04. The molecule has 24 heavy (non-hydrogen) atoms. The van der Waals surface area contributed by atoms with Gasteiger partial charge in [0.05, 0.1) is 6.54 Å². The van der Waals surface area contributed by atoms with Gasteiger partial charge in [-0.25, -0.2) is 4.79 Å². The highest BCUT2D eigenvalue weighted by Crippen LogP contribution is 2.22. The molecule has 1 saturated heterocycles. The van der Waals surface area contributed by atoms with E-state index < -0.39 is 0 Å². The summed E-state index contributed by atoms with van der Waals surface area (Å²) in [5, 5.41) is 2.69. The Morgan fingerprint density at radius 3 is 2.25 bits per heavy atom. The minimum Gasteiger partial charge on any atom is -0.303 e. The van der Waals surface area contributed by atoms with Crippen molar-refractivity contribution in [2.45, 2.75) is 27.3 Å². The smallest absolute Gasteiger partial charge is 0.303 e. The van der Waals surface area contributed by atoms with E-state index in [1.165, 1.54) is 10.5 Å². The second-order valence-corrected chi connectivity index (χ2v) is 6.18. The SMILES string of the molecule is Cc1cc(C)c(/C=C2/NC(=O)N(Cc3ccccc3)C2=O)c(C)c1. The first-order valence-corrected chi connectivity index (χ1v) is 7.92. The van der Waals surface area contributed by atoms with Crippen molar-refractivity contribution >= 4 is 18.0 Å². The van der Waals surface area contributed by atoms with Gasteiger partial charge in [-0.15, -0.1) is 0 Å². The van der Waals surface area contributed by atoms with Gasteiger partial charge in [0.25, 0.3) is 5.91 Å². The van der Waals surface area contributed by atoms with Crippen LogP contribution in [-0.4, -0.2) is 16.8 Å². The monoisotopic (exact) mass is 320 g/mol. The van der Waals surface area contributed by atoms with Crippen LogP contribution in [0.15, 0.2) is 48.2 Å². The summed E-state index contributed by atoms with van der Waals surface area (Å²) in [4.78, 5) is 26.0. The number of aryl methyl sites for hydroxylation is 3. The predicted octanol–water partition coefficient (Wildman–Crippen LogP) is 3.70. The first-order valence-electron chi connectivity index (χ1n) is 7.92. The van der Waals surface area contributed by atoms with Gasteiger partial charge in [-0.1, -0.05) is 48.0 Å². The van der Waals surface area contributed by atoms with Crippen molar-refractivity contribution in [2.75, 3.05) is 0 Å². The van der Waals surface area contributed by atoms with Crippen LogP contribution >= 0.6 is 0 Å². The van der Waals surface area contributed by atoms with Gasteiger partial charge in [0.15, 0.2) is 0 Å². The number of carbonyl (C=O) groups is 2. The van der Waals surface area contributed by atoms with Crippen LogP contribution in [0.3, 0.4) is 0 Å². The summed E-state index contributed by atoms with van der Waals surface area (Å²) in [5.74, 6) is -0.289. The predicted molar refractivity (Wildman–Crippen MR) is 94.2 cm³/mol. The number of carbonyl (C=O) groups excluding carboxylic acids is 2. The molecule has 1 N–H and O–H groups in total. The van der Waals surface area contributed by atoms with Crippen LogP contribution in [0.5, 0.6) is 0 Å². The first kappa shape index (κ1) is 16.0. The number of nitrogens with one attached hydrogen (secondary N) is 1. The number of urea groups is 1. The fourth-order valence-electron chi connectivity index (χ4n) is 3.04. The molecule has 0 aliphatic carbocycles. The molecule has 0 aromatic heterocycles. The number of amides is 3. The van der Waals surface area contributed by atoms with E-state index in [0.717, 1.165) is 22.3 Å². The van der Waals surface area contributed by atoms with Crippen LogP contribution in [0.2, 0.25) is 0 Å². The molecule has 1 fully saturated rings. The number of nitrogens with zero attached hydrogens (tertiary/aromatic N) is 1. The Labute approximate surface area is 141 Å². The minimum atomic E-state index is -0.377. The van der Waals surface area contributed by atoms with Gasteiger partial charge in [0.2, 0.25) is 0 Å². The molecule has 122 valence electrons. The molecule has 3 rings (SSSR count). The summed E-state index contributed by atoms with van der Waals surface area (Å²) < 4.78 is 0. The lowest BCUT2D eigenvalue weighted by Crippen LogP contribution is -2.30. The molecule has 0 atom stereocenters. The largest absolute Gasteiger partial charge is 0.329 e. The Hall–Kier alpha value is -2.88. The van der Waals surface area contributed by atoms with Gasteiger partial charge in [-0.2, -0.15) is 0 Å². The van der Waals surface area contributed by atoms with Crippen molar-refractivity contribution < 1.29 is 9.59 Å². The second-order valence-electron chi connectivity index (χ2n) is 6.18. The Kier molecular flexibility index (Phi) is 4.21. The third-order valence-corrected chi connectivity index (χ3v) is 4.17. The highest BCUT2D eigenvalue weighted by atomic mass is 16.2. The number of rotatable bonds is 3. The molecule has 0 spiro atoms. The van der Waals surface area contributed by atoms with E-state index in [4.69, 9.17) is 0 Å². The molecule has 1 heterocycles. The summed E-state index contributed by atoms with van der Waals surface area (Å²) in [7, 11) is 0. The standard InChI is InChI=1S/C20H20N2O2/c1-13-9-14(2)17(15(3)10-13)11-18-19(23)22(20(24)21-18)12-16-7-5-4-6-8-16/h4-11H,12H2,1-3H3,(H,21,24)/b18-11+. The van der Waals surface area contributed by atoms with Crippen molar-refractivity contribution in [3.05, 3.63) is 76.0 Å². The molecule has 0 saturated carbocycles. The summed E-state index contributed by atoms with van der Waals surface area (Å²) in [6, 6.07) is 13.3. The Morgan fingerprint density at radius 1 is 1.00 bits per heavy atom. The van der Waals surface area contributed by atoms with Crippen molar-refractivity contribution in [1.29, 1.82) is 0 Å². The molecule has 4 heteroatoms. The summed E-state index contributed by atoms with van der Waals surface area (Å²) in [6.45, 7) is 6.33. The van der Waals surface area contributed by atoms with E-state index in [1.54, 1.807) is 6.08 Å². The van der Waals surface area contributed by atoms with Crippen molar-refractivity contribution in [3.8, 4) is 0 Å². The molecule has 0 unspecified atom stereocenters. The molecule has 1 aliphatic heterocycles. The van der Waals surface area contributed by atoms with Crippen LogP contribution in [0, 0.1) is 20.8 Å². The maximum absolute atomic E-state index is 12.6. The molecule has 1 aliphatic rings. The molecular weight excluding hydrogens is 300 g/mol. The van der Waals surface area contributed by atoms with Gasteiger partial charge < -0.3 is 5.32 Å². The van der Waals surface area contributed by atoms with Crippen molar-refractivity contribution in [1.82, 2.24) is 10.2 Å². The zero-order valence-corrected chi connectivity index (χ0v) is 14.1. The lowest BCUT2D eigenvalue weighted by Gasteiger charge is -2.11. The van der Waals surface area contributed by atoms with Crippen LogP contribution in [0.1, 0.15) is 27.8 Å². The molecule has 4 nitrogen and oxygen atoms in total. The van der Waals surface area contributed by atoms with Gasteiger partial charge in [0.1, 0.15) is 5.70 Å². The Balaban J connectivity index is 1.89. The van der Waals surface area contributed by atoms with Gasteiger partial charge in [0, 0.05) is 0 Å². The zero-order valence-electron chi connectivity index (χ0n) is 14.1. The number of imide groups is 1. The summed E-state index contributed by atoms with van der Waals surface area (Å²) in [6.07, 6.45) is 1.77. The van der Waals surface area contributed by atoms with E-state index in [0.29, 0.717) is 5.70 Å². The fraction of sp³-hybridized carbons (Fsp3) is 0.200. The maximum atomic E-state index is 12.6. The lowest BCUT2D eigenvalue weighted by atomic mass is 9.99. The Bertz CT molecular complexity index is 815. The number of benzene rings is 2. The minimum absolute atomic E-state index is 0.273. The summed E-state index contributed by atoms with van der Waals surface area (Å²) >= 11 is 0. The highest BCUT2D eigenvalue weighted by molar-refractivity contribution is 6.14. The van der Waals surface area contributed by atoms with E-state index in [2.05, 4.69) is 17.4 Å². The quantitative estimate of drug-likeness (QED) is 0.692. The van der Waals surface area contributed by atoms with Crippen molar-refractivity contribution in [2.24, 2.45) is 0 Å². The zero-order chi connectivity index (χ0) is 17.3. The molecule has 2 aromatic carbocycles. The van der Waals surface area contributed by atoms with Gasteiger partial charge >= 0.3 is 6.03 Å². The average molecular weight is 320 g/mol. The van der Waals surface area contributed by atoms with Gasteiger partial charge in [-0.3, -0.25) is 9.69 Å². The van der Waals surface area contributed by atoms with Crippen LogP contribution in [0.4, 0.5) is 4.79 Å². The van der Waals surface area contributed by atoms with Crippen LogP contribution < -0.4 is 5.32 Å². The first-order chi connectivity index (χ1) is 11.5. The summed E-state index contributed by atoms with van der Waals surface area (Å²) in [5.41, 5.74) is 5.58. The van der Waals surface area contributed by atoms with E-state index in [1.807, 2.05) is 51.1 Å². The number of hydrogen-bond donors (Lipinski definition) is 1. The molecule has 3 amide bonds. The topological polar surface area (TPSA) is 49.4 Å². The van der Waals surface area contributed by atoms with Gasteiger partial charge in [-0.05, 0) is 49.1 Å². The van der Waals surface area contributed by atoms with E-state index in [9.17, 15) is 9.59 Å². The highest BCUT2D eigenvalue weighted by Gasteiger charge is 2.33. The second kappa shape index (κ2) is 6.32. The maximum Gasteiger partial charge on any atom is 0.329 e. The van der Waals surface area contributed by atoms with Crippen LogP contribution in [0.25, 0.3) is 6.08 Å². The third-order valence-electron chi connectivity index (χ3n) is 4.17. The molecular formula is C20H20N2O2. The molecule has 0 radical (unpaired) electrons. The number of hydrogen-bond acceptors (Lipinski definition) is 2. The lowest BCUT2D eigenvalue weighted by molar-refractivity contribution is -0.123. The third kappa shape index (κ3) is 3.08. The van der Waals surface area contributed by atoms with Crippen LogP contribution in [-0.2, 0) is 11.3 Å². The van der Waals surface area contributed by atoms with E-state index >= 15 is 0 Å². The van der Waals surface area contributed by atoms with Crippen molar-refractivity contribution in [3.63, 3.8) is 0 Å². The Morgan fingerprint density at radius 2 is 1.62 bits per heavy atom.